The highest BCUT2D eigenvalue weighted by Gasteiger charge is 2.30. The van der Waals surface area contributed by atoms with E-state index < -0.39 is 30.0 Å². The molecule has 68 heavy (non-hydrogen) atoms. The zero-order valence-corrected chi connectivity index (χ0v) is 39.5. The number of carboxylic acids is 1. The number of carbonyl (C=O) groups excluding carboxylic acids is 4. The number of rotatable bonds is 8. The Bertz CT molecular complexity index is 2380. The number of nitrogens with zero attached hydrogens (tertiary/aromatic N) is 8. The van der Waals surface area contributed by atoms with Crippen LogP contribution in [0.2, 0.25) is 10.0 Å². The lowest BCUT2D eigenvalue weighted by Crippen LogP contribution is -2.44. The first kappa shape index (κ1) is 51.4. The van der Waals surface area contributed by atoms with Gasteiger partial charge in [0.2, 0.25) is 6.29 Å². The standard InChI is InChI=1S/C24H31ClN4O4.C20H23ClN4O4.C2HF3O/c1-24(2,3)33-22(30)19-10-15-29(26-19)23(31)28-13-8-18(9-14-28)32-21-7-6-17(25)16-20(21)27-11-4-5-12-27;21-14-3-4-18(17(13-14)23-8-1-2-9-23)29-15-5-10-24(11-6-15)20(28)25-12-7-16(22-25)19(26)27;3-2(4,5)1-6/h6-7,10,15-16,18H,4-5,8-9,11-14H2,1-3H3;3-4,7,12-13,15H,1-2,5-6,8-11H2,(H,26,27);1H. The summed E-state index contributed by atoms with van der Waals surface area (Å²) in [5.41, 5.74) is 1.43. The van der Waals surface area contributed by atoms with E-state index in [2.05, 4.69) is 20.0 Å². The molecule has 8 rings (SSSR count). The van der Waals surface area contributed by atoms with E-state index in [0.29, 0.717) is 61.9 Å². The Balaban J connectivity index is 0.000000201. The Kier molecular flexibility index (Phi) is 17.3. The van der Waals surface area contributed by atoms with Crippen molar-refractivity contribution in [3.63, 3.8) is 0 Å². The normalized spacial score (nSPS) is 16.9. The molecule has 368 valence electrons. The predicted octanol–water partition coefficient (Wildman–Crippen LogP) is 8.70. The lowest BCUT2D eigenvalue weighted by molar-refractivity contribution is -0.156. The van der Waals surface area contributed by atoms with Gasteiger partial charge in [0.15, 0.2) is 11.4 Å². The fourth-order valence-corrected chi connectivity index (χ4v) is 8.32. The molecule has 0 radical (unpaired) electrons. The lowest BCUT2D eigenvalue weighted by atomic mass is 10.1. The molecule has 0 bridgehead atoms. The van der Waals surface area contributed by atoms with E-state index in [-0.39, 0.29) is 35.7 Å². The van der Waals surface area contributed by atoms with Crippen molar-refractivity contribution >= 4 is 64.9 Å². The van der Waals surface area contributed by atoms with Crippen LogP contribution >= 0.6 is 23.2 Å². The third-order valence-electron chi connectivity index (χ3n) is 11.3. The van der Waals surface area contributed by atoms with Gasteiger partial charge in [-0.15, -0.1) is 0 Å². The summed E-state index contributed by atoms with van der Waals surface area (Å²) < 4.78 is 51.5. The number of benzene rings is 2. The predicted molar refractivity (Wildman–Crippen MR) is 247 cm³/mol. The topological polar surface area (TPSA) is 182 Å². The molecule has 0 unspecified atom stereocenters. The van der Waals surface area contributed by atoms with Crippen LogP contribution in [-0.2, 0) is 9.53 Å². The zero-order chi connectivity index (χ0) is 49.2. The van der Waals surface area contributed by atoms with Gasteiger partial charge in [0.05, 0.1) is 11.4 Å². The monoisotopic (exact) mass is 990 g/mol. The van der Waals surface area contributed by atoms with Crippen molar-refractivity contribution in [1.82, 2.24) is 29.4 Å². The van der Waals surface area contributed by atoms with Crippen LogP contribution in [0, 0.1) is 0 Å². The minimum atomic E-state index is -4.64. The summed E-state index contributed by atoms with van der Waals surface area (Å²) in [5.74, 6) is -0.0160. The largest absolute Gasteiger partial charge is 0.488 e. The van der Waals surface area contributed by atoms with Crippen molar-refractivity contribution in [2.45, 2.75) is 96.1 Å². The number of carboxylic acid groups (broad SMARTS) is 1. The summed E-state index contributed by atoms with van der Waals surface area (Å²) in [6.07, 6.45) is 4.72. The van der Waals surface area contributed by atoms with Gasteiger partial charge < -0.3 is 38.9 Å². The first-order valence-corrected chi connectivity index (χ1v) is 23.1. The van der Waals surface area contributed by atoms with E-state index in [9.17, 15) is 32.3 Å². The van der Waals surface area contributed by atoms with E-state index in [1.165, 1.54) is 54.9 Å². The van der Waals surface area contributed by atoms with Gasteiger partial charge in [0, 0.05) is 100 Å². The van der Waals surface area contributed by atoms with E-state index in [4.69, 9.17) is 47.3 Å². The van der Waals surface area contributed by atoms with Crippen LogP contribution in [0.25, 0.3) is 0 Å². The number of likely N-dealkylation sites (tertiary alicyclic amines) is 2. The average Bonchev–Trinajstić information content (AvgIpc) is 4.16. The smallest absolute Gasteiger partial charge is 0.446 e. The Morgan fingerprint density at radius 2 is 1.03 bits per heavy atom. The molecule has 0 aliphatic carbocycles. The number of hydrogen-bond acceptors (Lipinski definition) is 12. The number of halogens is 5. The Hall–Kier alpha value is -6.02. The number of ether oxygens (including phenoxy) is 3. The number of carbonyl (C=O) groups is 5. The van der Waals surface area contributed by atoms with Crippen molar-refractivity contribution in [3.8, 4) is 11.5 Å². The van der Waals surface area contributed by atoms with Crippen molar-refractivity contribution in [2.24, 2.45) is 0 Å². The summed E-state index contributed by atoms with van der Waals surface area (Å²) in [6, 6.07) is 13.7. The number of esters is 1. The molecule has 4 aromatic rings. The Morgan fingerprint density at radius 1 is 0.647 bits per heavy atom. The van der Waals surface area contributed by atoms with Gasteiger partial charge in [0.1, 0.15) is 29.3 Å². The average molecular weight is 992 g/mol. The molecule has 2 aromatic heterocycles. The second kappa shape index (κ2) is 22.9. The van der Waals surface area contributed by atoms with Gasteiger partial charge in [-0.3, -0.25) is 4.79 Å². The molecule has 6 heterocycles. The van der Waals surface area contributed by atoms with Gasteiger partial charge in [0.25, 0.3) is 0 Å². The minimum absolute atomic E-state index is 0.00813. The molecule has 1 N–H and O–H groups in total. The molecule has 2 amide bonds. The molecule has 17 nitrogen and oxygen atoms in total. The van der Waals surface area contributed by atoms with Crippen LogP contribution in [-0.4, -0.2) is 141 Å². The summed E-state index contributed by atoms with van der Waals surface area (Å²) in [5, 5.41) is 18.3. The molecular weight excluding hydrogens is 936 g/mol. The highest BCUT2D eigenvalue weighted by molar-refractivity contribution is 6.31. The number of aromatic nitrogens is 4. The number of piperidine rings is 2. The first-order chi connectivity index (χ1) is 32.3. The second-order valence-corrected chi connectivity index (χ2v) is 18.4. The van der Waals surface area contributed by atoms with E-state index in [1.807, 2.05) is 36.4 Å². The van der Waals surface area contributed by atoms with Gasteiger partial charge in [-0.25, -0.2) is 19.2 Å². The van der Waals surface area contributed by atoms with Crippen molar-refractivity contribution in [3.05, 3.63) is 82.4 Å². The fourth-order valence-electron chi connectivity index (χ4n) is 7.98. The number of anilines is 2. The van der Waals surface area contributed by atoms with Crippen LogP contribution in [0.5, 0.6) is 11.5 Å². The number of hydrogen-bond donors (Lipinski definition) is 1. The molecule has 2 aromatic carbocycles. The molecule has 0 spiro atoms. The second-order valence-electron chi connectivity index (χ2n) is 17.5. The zero-order valence-electron chi connectivity index (χ0n) is 38.0. The number of alkyl halides is 3. The molecule has 4 fully saturated rings. The molecule has 22 heteroatoms. The van der Waals surface area contributed by atoms with Crippen molar-refractivity contribution < 1.29 is 56.5 Å². The van der Waals surface area contributed by atoms with Gasteiger partial charge in [-0.1, -0.05) is 23.2 Å². The third-order valence-corrected chi connectivity index (χ3v) is 11.7. The molecule has 4 aliphatic rings. The maximum absolute atomic E-state index is 12.9. The van der Waals surface area contributed by atoms with E-state index in [1.54, 1.807) is 30.6 Å². The molecule has 4 saturated heterocycles. The third kappa shape index (κ3) is 14.5. The summed E-state index contributed by atoms with van der Waals surface area (Å²) in [6.45, 7) is 11.6. The Morgan fingerprint density at radius 3 is 1.38 bits per heavy atom. The van der Waals surface area contributed by atoms with Gasteiger partial charge in [-0.2, -0.15) is 32.7 Å². The van der Waals surface area contributed by atoms with Crippen molar-refractivity contribution in [1.29, 1.82) is 0 Å². The highest BCUT2D eigenvalue weighted by atomic mass is 35.5. The lowest BCUT2D eigenvalue weighted by Gasteiger charge is -2.33. The van der Waals surface area contributed by atoms with E-state index >= 15 is 0 Å². The Labute approximate surface area is 401 Å². The van der Waals surface area contributed by atoms with Crippen LogP contribution in [0.1, 0.15) is 93.1 Å². The number of aldehydes is 1. The summed E-state index contributed by atoms with van der Waals surface area (Å²) in [7, 11) is 0. The molecule has 0 atom stereocenters. The molecular formula is C46H55Cl2F3N8O9. The SMILES string of the molecule is CC(C)(C)OC(=O)c1ccn(C(=O)N2CCC(Oc3ccc(Cl)cc3N3CCCC3)CC2)n1.O=C(O)c1ccn(C(=O)N2CCC(Oc3ccc(Cl)cc3N3CCCC3)CC2)n1.O=CC(F)(F)F. The van der Waals surface area contributed by atoms with Crippen LogP contribution in [0.15, 0.2) is 60.9 Å². The number of aromatic carboxylic acids is 1. The van der Waals surface area contributed by atoms with Crippen LogP contribution in [0.3, 0.4) is 0 Å². The minimum Gasteiger partial charge on any atom is -0.488 e. The summed E-state index contributed by atoms with van der Waals surface area (Å²) >= 11 is 12.4. The molecule has 0 saturated carbocycles. The van der Waals surface area contributed by atoms with Gasteiger partial charge >= 0.3 is 30.2 Å². The summed E-state index contributed by atoms with van der Waals surface area (Å²) in [4.78, 5) is 65.3. The molecule has 4 aliphatic heterocycles. The van der Waals surface area contributed by atoms with Crippen molar-refractivity contribution in [2.75, 3.05) is 62.2 Å². The van der Waals surface area contributed by atoms with Crippen LogP contribution in [0.4, 0.5) is 34.1 Å². The fraction of sp³-hybridized carbons (Fsp3) is 0.500. The van der Waals surface area contributed by atoms with E-state index in [0.717, 1.165) is 53.7 Å². The first-order valence-electron chi connectivity index (χ1n) is 22.4. The van der Waals surface area contributed by atoms with Crippen LogP contribution < -0.4 is 19.3 Å². The number of amides is 2. The maximum atomic E-state index is 12.9. The quantitative estimate of drug-likeness (QED) is 0.131. The maximum Gasteiger partial charge on any atom is 0.446 e. The highest BCUT2D eigenvalue weighted by Crippen LogP contribution is 2.37. The van der Waals surface area contributed by atoms with Gasteiger partial charge in [-0.05, 0) is 95.0 Å².